The molecule has 1 aromatic heterocycles. The molecule has 5 rings (SSSR count). The summed E-state index contributed by atoms with van der Waals surface area (Å²) in [6.45, 7) is 6.39. The highest BCUT2D eigenvalue weighted by Gasteiger charge is 2.33. The molecule has 216 valence electrons. The molecular formula is C31H43N5O4. The molecule has 40 heavy (non-hydrogen) atoms. The van der Waals surface area contributed by atoms with Crippen molar-refractivity contribution in [3.05, 3.63) is 53.9 Å². The second-order valence-electron chi connectivity index (χ2n) is 11.2. The van der Waals surface area contributed by atoms with Crippen LogP contribution < -0.4 is 15.0 Å². The molecule has 1 N–H and O–H groups in total. The first-order chi connectivity index (χ1) is 19.6. The molecule has 2 fully saturated rings. The fraction of sp³-hybridized carbons (Fsp3) is 0.581. The van der Waals surface area contributed by atoms with Crippen LogP contribution in [0.2, 0.25) is 0 Å². The molecule has 0 aliphatic carbocycles. The van der Waals surface area contributed by atoms with Gasteiger partial charge in [-0.15, -0.1) is 0 Å². The van der Waals surface area contributed by atoms with E-state index in [9.17, 15) is 9.59 Å². The fourth-order valence-corrected chi connectivity index (χ4v) is 6.05. The standard InChI is InChI=1S/C31H43N5O4/c1-34(12-10-27-6-2-3-11-33-27)28-7-8-29-26(19-28)21-32-22-31(38)36-13-9-24(25(23-36)5-4-16-40-29)20-30(37)35-14-17-39-18-15-35/h2-3,6-8,11,19,24-25,32H,4-5,9-10,12-18,20-23H2,1H3/t24-,25-/m0/s1. The minimum Gasteiger partial charge on any atom is -0.493 e. The molecule has 0 unspecified atom stereocenters. The number of carbonyl (C=O) groups excluding carboxylic acids is 2. The Morgan fingerprint density at radius 1 is 1.10 bits per heavy atom. The van der Waals surface area contributed by atoms with E-state index < -0.39 is 0 Å². The predicted molar refractivity (Wildman–Crippen MR) is 154 cm³/mol. The minimum absolute atomic E-state index is 0.133. The van der Waals surface area contributed by atoms with Crippen LogP contribution in [0.1, 0.15) is 36.9 Å². The lowest BCUT2D eigenvalue weighted by atomic mass is 9.80. The largest absolute Gasteiger partial charge is 0.493 e. The van der Waals surface area contributed by atoms with Gasteiger partial charge in [0.1, 0.15) is 5.75 Å². The van der Waals surface area contributed by atoms with Gasteiger partial charge in [-0.05, 0) is 61.4 Å². The Bertz CT molecular complexity index is 1120. The molecule has 0 saturated carbocycles. The van der Waals surface area contributed by atoms with E-state index in [-0.39, 0.29) is 11.8 Å². The van der Waals surface area contributed by atoms with Gasteiger partial charge in [0.05, 0.1) is 26.4 Å². The second-order valence-corrected chi connectivity index (χ2v) is 11.2. The topological polar surface area (TPSA) is 87.2 Å². The summed E-state index contributed by atoms with van der Waals surface area (Å²) in [5.74, 6) is 1.83. The lowest BCUT2D eigenvalue weighted by Crippen LogP contribution is -2.48. The molecule has 0 spiro atoms. The summed E-state index contributed by atoms with van der Waals surface area (Å²) in [6.07, 6.45) is 5.98. The molecule has 2 bridgehead atoms. The van der Waals surface area contributed by atoms with Crippen molar-refractivity contribution in [1.29, 1.82) is 0 Å². The van der Waals surface area contributed by atoms with Gasteiger partial charge in [-0.25, -0.2) is 0 Å². The molecule has 9 heteroatoms. The normalized spacial score (nSPS) is 22.3. The van der Waals surface area contributed by atoms with Crippen LogP contribution in [0.4, 0.5) is 5.69 Å². The predicted octanol–water partition coefficient (Wildman–Crippen LogP) is 2.74. The van der Waals surface area contributed by atoms with Gasteiger partial charge < -0.3 is 29.5 Å². The molecule has 3 aliphatic rings. The first-order valence-corrected chi connectivity index (χ1v) is 14.8. The van der Waals surface area contributed by atoms with E-state index in [4.69, 9.17) is 9.47 Å². The fourth-order valence-electron chi connectivity index (χ4n) is 6.05. The van der Waals surface area contributed by atoms with Crippen LogP contribution in [0, 0.1) is 11.8 Å². The van der Waals surface area contributed by atoms with Gasteiger partial charge in [-0.3, -0.25) is 14.6 Å². The number of hydrogen-bond donors (Lipinski definition) is 1. The van der Waals surface area contributed by atoms with Crippen LogP contribution in [0.5, 0.6) is 5.75 Å². The van der Waals surface area contributed by atoms with Gasteiger partial charge in [0.2, 0.25) is 11.8 Å². The number of benzene rings is 1. The molecule has 2 aromatic rings. The van der Waals surface area contributed by atoms with Gasteiger partial charge in [-0.1, -0.05) is 6.07 Å². The van der Waals surface area contributed by atoms with E-state index in [1.165, 1.54) is 0 Å². The van der Waals surface area contributed by atoms with E-state index in [1.807, 2.05) is 28.1 Å². The Morgan fingerprint density at radius 3 is 2.80 bits per heavy atom. The number of fused-ring (bicyclic) bond motifs is 3. The highest BCUT2D eigenvalue weighted by atomic mass is 16.5. The zero-order valence-corrected chi connectivity index (χ0v) is 23.7. The Morgan fingerprint density at radius 2 is 1.98 bits per heavy atom. The average Bonchev–Trinajstić information content (AvgIpc) is 3.00. The minimum atomic E-state index is 0.133. The molecule has 9 nitrogen and oxygen atoms in total. The van der Waals surface area contributed by atoms with E-state index in [1.54, 1.807) is 0 Å². The maximum absolute atomic E-state index is 13.1. The van der Waals surface area contributed by atoms with Gasteiger partial charge in [0, 0.05) is 82.3 Å². The summed E-state index contributed by atoms with van der Waals surface area (Å²) in [5, 5.41) is 3.37. The van der Waals surface area contributed by atoms with Gasteiger partial charge in [0.25, 0.3) is 0 Å². The lowest BCUT2D eigenvalue weighted by molar-refractivity contribution is -0.138. The van der Waals surface area contributed by atoms with Gasteiger partial charge in [-0.2, -0.15) is 0 Å². The summed E-state index contributed by atoms with van der Waals surface area (Å²) in [7, 11) is 2.09. The van der Waals surface area contributed by atoms with E-state index >= 15 is 0 Å². The summed E-state index contributed by atoms with van der Waals surface area (Å²) in [5.41, 5.74) is 3.25. The van der Waals surface area contributed by atoms with Crippen molar-refractivity contribution in [3.63, 3.8) is 0 Å². The summed E-state index contributed by atoms with van der Waals surface area (Å²) < 4.78 is 11.7. The Hall–Kier alpha value is -3.17. The van der Waals surface area contributed by atoms with Crippen LogP contribution in [0.3, 0.4) is 0 Å². The number of amides is 2. The number of ether oxygens (including phenoxy) is 2. The van der Waals surface area contributed by atoms with Crippen LogP contribution in [-0.4, -0.2) is 92.7 Å². The number of nitrogens with zero attached hydrogens (tertiary/aromatic N) is 4. The number of hydrogen-bond acceptors (Lipinski definition) is 7. The molecule has 1 aromatic carbocycles. The first kappa shape index (κ1) is 28.4. The van der Waals surface area contributed by atoms with Crippen molar-refractivity contribution >= 4 is 17.5 Å². The smallest absolute Gasteiger partial charge is 0.236 e. The van der Waals surface area contributed by atoms with E-state index in [0.717, 1.165) is 68.0 Å². The van der Waals surface area contributed by atoms with E-state index in [2.05, 4.69) is 46.5 Å². The molecule has 2 saturated heterocycles. The third-order valence-electron chi connectivity index (χ3n) is 8.53. The maximum Gasteiger partial charge on any atom is 0.236 e. The molecular weight excluding hydrogens is 506 g/mol. The maximum atomic E-state index is 13.1. The number of morpholine rings is 1. The Kier molecular flexibility index (Phi) is 9.89. The zero-order valence-electron chi connectivity index (χ0n) is 23.7. The SMILES string of the molecule is CN(CCc1ccccn1)c1ccc2c(c1)CNCC(=O)N1CC[C@@H](CC(=O)N3CCOCC3)[C@@H](CCCO2)C1. The van der Waals surface area contributed by atoms with Crippen molar-refractivity contribution in [2.75, 3.05) is 71.0 Å². The van der Waals surface area contributed by atoms with Crippen molar-refractivity contribution in [3.8, 4) is 5.75 Å². The van der Waals surface area contributed by atoms with Crippen molar-refractivity contribution in [2.45, 2.75) is 38.6 Å². The van der Waals surface area contributed by atoms with Crippen LogP contribution >= 0.6 is 0 Å². The number of aromatic nitrogens is 1. The monoisotopic (exact) mass is 549 g/mol. The van der Waals surface area contributed by atoms with Crippen LogP contribution in [0.25, 0.3) is 0 Å². The van der Waals surface area contributed by atoms with Crippen LogP contribution in [0.15, 0.2) is 42.6 Å². The number of pyridine rings is 1. The number of anilines is 1. The van der Waals surface area contributed by atoms with Gasteiger partial charge >= 0.3 is 0 Å². The highest BCUT2D eigenvalue weighted by Crippen LogP contribution is 2.32. The quantitative estimate of drug-likeness (QED) is 0.593. The Balaban J connectivity index is 1.22. The molecule has 2 amide bonds. The molecule has 3 aliphatic heterocycles. The number of carbonyl (C=O) groups is 2. The number of rotatable bonds is 6. The average molecular weight is 550 g/mol. The molecule has 4 heterocycles. The van der Waals surface area contributed by atoms with Crippen molar-refractivity contribution < 1.29 is 19.1 Å². The number of piperidine rings is 1. The highest BCUT2D eigenvalue weighted by molar-refractivity contribution is 5.79. The number of likely N-dealkylation sites (N-methyl/N-ethyl adjacent to an activating group) is 1. The molecule has 2 atom stereocenters. The first-order valence-electron chi connectivity index (χ1n) is 14.8. The number of nitrogens with one attached hydrogen (secondary N) is 1. The Labute approximate surface area is 237 Å². The lowest BCUT2D eigenvalue weighted by Gasteiger charge is -2.39. The second kappa shape index (κ2) is 13.9. The third kappa shape index (κ3) is 7.52. The van der Waals surface area contributed by atoms with Crippen LogP contribution in [-0.2, 0) is 27.3 Å². The van der Waals surface area contributed by atoms with Crippen molar-refractivity contribution in [2.24, 2.45) is 11.8 Å². The third-order valence-corrected chi connectivity index (χ3v) is 8.53. The van der Waals surface area contributed by atoms with Gasteiger partial charge in [0.15, 0.2) is 0 Å². The molecule has 0 radical (unpaired) electrons. The summed E-state index contributed by atoms with van der Waals surface area (Å²) in [4.78, 5) is 36.7. The van der Waals surface area contributed by atoms with E-state index in [0.29, 0.717) is 64.3 Å². The van der Waals surface area contributed by atoms with Crippen molar-refractivity contribution in [1.82, 2.24) is 20.1 Å². The summed E-state index contributed by atoms with van der Waals surface area (Å²) in [6, 6.07) is 12.3. The zero-order chi connectivity index (χ0) is 27.7. The summed E-state index contributed by atoms with van der Waals surface area (Å²) >= 11 is 0.